The first-order chi connectivity index (χ1) is 16.1. The maximum Gasteiger partial charge on any atom is 0.290 e. The van der Waals surface area contributed by atoms with Gasteiger partial charge in [-0.15, -0.1) is 0 Å². The zero-order chi connectivity index (χ0) is 23.2. The van der Waals surface area contributed by atoms with Crippen molar-refractivity contribution in [3.05, 3.63) is 72.6 Å². The molecule has 0 amide bonds. The number of fused-ring (bicyclic) bond motifs is 1. The van der Waals surface area contributed by atoms with Crippen molar-refractivity contribution in [1.29, 1.82) is 0 Å². The number of rotatable bonds is 4. The lowest BCUT2D eigenvalue weighted by Gasteiger charge is -2.20. The molecule has 3 N–H and O–H groups in total. The van der Waals surface area contributed by atoms with Gasteiger partial charge in [-0.1, -0.05) is 25.3 Å². The molecule has 5 rings (SSSR count). The van der Waals surface area contributed by atoms with Crippen molar-refractivity contribution < 1.29 is 19.0 Å². The van der Waals surface area contributed by atoms with E-state index in [4.69, 9.17) is 25.4 Å². The summed E-state index contributed by atoms with van der Waals surface area (Å²) in [5, 5.41) is 6.89. The maximum absolute atomic E-state index is 13.4. The second-order valence-corrected chi connectivity index (χ2v) is 7.87. The van der Waals surface area contributed by atoms with Crippen LogP contribution in [0.2, 0.25) is 0 Å². The Morgan fingerprint density at radius 3 is 2.52 bits per heavy atom. The maximum atomic E-state index is 13.4. The van der Waals surface area contributed by atoms with E-state index < -0.39 is 0 Å². The number of halogens is 1. The van der Waals surface area contributed by atoms with Gasteiger partial charge in [0, 0.05) is 29.9 Å². The first-order valence-electron chi connectivity index (χ1n) is 10.8. The number of nitrogens with two attached hydrogens (primary N) is 1. The molecule has 0 saturated heterocycles. The lowest BCUT2D eigenvalue weighted by Crippen LogP contribution is -2.09. The van der Waals surface area contributed by atoms with Crippen molar-refractivity contribution >= 4 is 17.8 Å². The van der Waals surface area contributed by atoms with Crippen LogP contribution in [0.3, 0.4) is 0 Å². The smallest absolute Gasteiger partial charge is 0.290 e. The van der Waals surface area contributed by atoms with Crippen LogP contribution in [0.5, 0.6) is 11.5 Å². The number of anilines is 1. The molecule has 1 aliphatic rings. The molecule has 7 nitrogen and oxygen atoms in total. The molecule has 1 saturated carbocycles. The second-order valence-electron chi connectivity index (χ2n) is 7.87. The van der Waals surface area contributed by atoms with Crippen LogP contribution in [-0.4, -0.2) is 25.9 Å². The van der Waals surface area contributed by atoms with Crippen LogP contribution < -0.4 is 10.5 Å². The molecule has 2 heterocycles. The third-order valence-electron chi connectivity index (χ3n) is 5.74. The second kappa shape index (κ2) is 10.1. The Hall–Kier alpha value is -3.94. The van der Waals surface area contributed by atoms with E-state index in [1.54, 1.807) is 18.3 Å². The van der Waals surface area contributed by atoms with Gasteiger partial charge in [0.2, 0.25) is 0 Å². The minimum Gasteiger partial charge on any atom is -0.483 e. The predicted molar refractivity (Wildman–Crippen MR) is 124 cm³/mol. The average Bonchev–Trinajstić information content (AvgIpc) is 3.22. The fraction of sp³-hybridized carbons (Fsp3) is 0.240. The largest absolute Gasteiger partial charge is 0.483 e. The van der Waals surface area contributed by atoms with Crippen LogP contribution in [-0.2, 0) is 4.79 Å². The van der Waals surface area contributed by atoms with Crippen LogP contribution in [0.4, 0.5) is 10.2 Å². The van der Waals surface area contributed by atoms with Gasteiger partial charge in [-0.25, -0.2) is 14.4 Å². The van der Waals surface area contributed by atoms with Crippen molar-refractivity contribution in [2.75, 3.05) is 5.73 Å². The summed E-state index contributed by atoms with van der Waals surface area (Å²) in [4.78, 5) is 17.7. The zero-order valence-corrected chi connectivity index (χ0v) is 18.0. The minimum atomic E-state index is -0.327. The van der Waals surface area contributed by atoms with E-state index in [2.05, 4.69) is 9.38 Å². The van der Waals surface area contributed by atoms with E-state index in [-0.39, 0.29) is 12.3 Å². The minimum absolute atomic E-state index is 0.250. The molecular formula is C25H25FN4O3. The number of nitrogen functional groups attached to an aromatic ring is 1. The Balaban J connectivity index is 0.000000821. The summed E-state index contributed by atoms with van der Waals surface area (Å²) in [5.41, 5.74) is 8.87. The lowest BCUT2D eigenvalue weighted by molar-refractivity contribution is -0.122. The van der Waals surface area contributed by atoms with Gasteiger partial charge >= 0.3 is 0 Å². The summed E-state index contributed by atoms with van der Waals surface area (Å²) in [7, 11) is 0. The Labute approximate surface area is 190 Å². The molecule has 8 heteroatoms. The highest BCUT2D eigenvalue weighted by Gasteiger charge is 2.24. The first-order valence-corrected chi connectivity index (χ1v) is 10.8. The van der Waals surface area contributed by atoms with Gasteiger partial charge < -0.3 is 15.6 Å². The summed E-state index contributed by atoms with van der Waals surface area (Å²) in [5.74, 6) is 2.75. The van der Waals surface area contributed by atoms with Gasteiger partial charge in [-0.05, 0) is 49.2 Å². The van der Waals surface area contributed by atoms with E-state index in [0.29, 0.717) is 23.2 Å². The van der Waals surface area contributed by atoms with Crippen molar-refractivity contribution in [1.82, 2.24) is 14.4 Å². The molecule has 0 atom stereocenters. The van der Waals surface area contributed by atoms with E-state index >= 15 is 0 Å². The van der Waals surface area contributed by atoms with Crippen LogP contribution in [0.15, 0.2) is 60.9 Å². The van der Waals surface area contributed by atoms with E-state index in [0.717, 1.165) is 35.4 Å². The van der Waals surface area contributed by atoms with Crippen molar-refractivity contribution in [3.63, 3.8) is 0 Å². The molecule has 0 spiro atoms. The molecule has 0 unspecified atom stereocenters. The van der Waals surface area contributed by atoms with Crippen molar-refractivity contribution in [3.8, 4) is 22.8 Å². The quantitative estimate of drug-likeness (QED) is 0.391. The number of ether oxygens (including phenoxy) is 1. The third-order valence-corrected chi connectivity index (χ3v) is 5.74. The number of benzene rings is 2. The van der Waals surface area contributed by atoms with Crippen molar-refractivity contribution in [2.45, 2.75) is 38.0 Å². The average molecular weight is 448 g/mol. The number of carboxylic acid groups (broad SMARTS) is 1. The number of imidazole rings is 1. The standard InChI is InChI=1S/C24H23FN4O.CH2O2/c25-18-7-4-8-20(15-18)30-19-11-9-16(10-12-19)21-22-23(26)27-13-14-29(22)24(28-21)17-5-2-1-3-6-17;2-1-3/h4,7-15,17H,1-3,5-6H2,(H2,26,27);1H,(H,2,3). The normalized spacial score (nSPS) is 13.8. The summed E-state index contributed by atoms with van der Waals surface area (Å²) >= 11 is 0. The molecular weight excluding hydrogens is 423 g/mol. The predicted octanol–water partition coefficient (Wildman–Crippen LogP) is 5.66. The van der Waals surface area contributed by atoms with E-state index in [1.165, 1.54) is 31.4 Å². The molecule has 1 aliphatic carbocycles. The third kappa shape index (κ3) is 4.95. The molecule has 170 valence electrons. The Morgan fingerprint density at radius 1 is 1.09 bits per heavy atom. The Morgan fingerprint density at radius 2 is 1.82 bits per heavy atom. The first kappa shape index (κ1) is 22.3. The molecule has 2 aromatic heterocycles. The Bertz CT molecular complexity index is 1230. The topological polar surface area (TPSA) is 103 Å². The van der Waals surface area contributed by atoms with Crippen LogP contribution >= 0.6 is 0 Å². The summed E-state index contributed by atoms with van der Waals surface area (Å²) in [6.07, 6.45) is 9.76. The Kier molecular flexibility index (Phi) is 6.83. The van der Waals surface area contributed by atoms with Crippen LogP contribution in [0.25, 0.3) is 16.8 Å². The molecule has 0 radical (unpaired) electrons. The van der Waals surface area contributed by atoms with Gasteiger partial charge in [0.15, 0.2) is 0 Å². The van der Waals surface area contributed by atoms with E-state index in [1.807, 2.05) is 30.5 Å². The zero-order valence-electron chi connectivity index (χ0n) is 18.0. The van der Waals surface area contributed by atoms with Crippen LogP contribution in [0.1, 0.15) is 43.8 Å². The van der Waals surface area contributed by atoms with Gasteiger partial charge in [-0.2, -0.15) is 0 Å². The monoisotopic (exact) mass is 448 g/mol. The van der Waals surface area contributed by atoms with Gasteiger partial charge in [0.1, 0.15) is 40.2 Å². The molecule has 33 heavy (non-hydrogen) atoms. The summed E-state index contributed by atoms with van der Waals surface area (Å²) in [6, 6.07) is 13.7. The summed E-state index contributed by atoms with van der Waals surface area (Å²) < 4.78 is 21.2. The number of hydrogen-bond acceptors (Lipinski definition) is 5. The molecule has 2 aromatic carbocycles. The molecule has 0 bridgehead atoms. The number of carbonyl (C=O) groups is 1. The van der Waals surface area contributed by atoms with Gasteiger partial charge in [-0.3, -0.25) is 9.20 Å². The molecule has 4 aromatic rings. The number of hydrogen-bond donors (Lipinski definition) is 2. The van der Waals surface area contributed by atoms with Gasteiger partial charge in [0.25, 0.3) is 6.47 Å². The highest BCUT2D eigenvalue weighted by Crippen LogP contribution is 2.37. The van der Waals surface area contributed by atoms with Crippen LogP contribution in [0, 0.1) is 5.82 Å². The fourth-order valence-corrected chi connectivity index (χ4v) is 4.28. The highest BCUT2D eigenvalue weighted by atomic mass is 19.1. The molecule has 1 fully saturated rings. The highest BCUT2D eigenvalue weighted by molar-refractivity contribution is 5.85. The van der Waals surface area contributed by atoms with E-state index in [9.17, 15) is 4.39 Å². The van der Waals surface area contributed by atoms with Crippen molar-refractivity contribution in [2.24, 2.45) is 0 Å². The fourth-order valence-electron chi connectivity index (χ4n) is 4.28. The SMILES string of the molecule is Nc1nccn2c(C3CCCCC3)nc(-c3ccc(Oc4cccc(F)c4)cc3)c12.O=CO. The number of nitrogens with zero attached hydrogens (tertiary/aromatic N) is 3. The summed E-state index contributed by atoms with van der Waals surface area (Å²) in [6.45, 7) is -0.250. The molecule has 0 aliphatic heterocycles. The number of aromatic nitrogens is 3. The lowest BCUT2D eigenvalue weighted by atomic mass is 9.89. The van der Waals surface area contributed by atoms with Gasteiger partial charge in [0.05, 0.1) is 0 Å².